The third-order valence-corrected chi connectivity index (χ3v) is 4.99. The number of thiophene rings is 1. The van der Waals surface area contributed by atoms with Gasteiger partial charge >= 0.3 is 0 Å². The molecule has 3 nitrogen and oxygen atoms in total. The maximum Gasteiger partial charge on any atom is 0.251 e. The maximum atomic E-state index is 12.4. The molecule has 4 rings (SSSR count). The number of fused-ring (bicyclic) bond motifs is 1. The van der Waals surface area contributed by atoms with Crippen molar-refractivity contribution < 1.29 is 9.53 Å². The zero-order valence-corrected chi connectivity index (χ0v) is 13.9. The number of hydrogen-bond donors (Lipinski definition) is 1. The van der Waals surface area contributed by atoms with Crippen LogP contribution in [0.15, 0.2) is 65.4 Å². The number of rotatable bonds is 4. The molecule has 2 heterocycles. The van der Waals surface area contributed by atoms with Gasteiger partial charge in [0.1, 0.15) is 5.75 Å². The van der Waals surface area contributed by atoms with Gasteiger partial charge in [-0.15, -0.1) is 0 Å². The summed E-state index contributed by atoms with van der Waals surface area (Å²) in [5, 5.41) is 7.18. The van der Waals surface area contributed by atoms with Crippen LogP contribution in [0.4, 0.5) is 0 Å². The van der Waals surface area contributed by atoms with Crippen molar-refractivity contribution >= 4 is 17.2 Å². The Labute approximate surface area is 144 Å². The largest absolute Gasteiger partial charge is 0.493 e. The minimum atomic E-state index is -0.0451. The van der Waals surface area contributed by atoms with Crippen LogP contribution in [0.3, 0.4) is 0 Å². The van der Waals surface area contributed by atoms with Crippen molar-refractivity contribution in [2.45, 2.75) is 5.92 Å². The van der Waals surface area contributed by atoms with Crippen molar-refractivity contribution in [3.05, 3.63) is 76.5 Å². The lowest BCUT2D eigenvalue weighted by atomic mass is 10.0. The minimum absolute atomic E-state index is 0.0451. The second kappa shape index (κ2) is 6.49. The summed E-state index contributed by atoms with van der Waals surface area (Å²) in [6.07, 6.45) is 0. The lowest BCUT2D eigenvalue weighted by Gasteiger charge is -2.11. The standard InChI is InChI=1S/C20H17NO2S/c22-20(15-7-5-14(6-8-15)16-9-10-24-13-16)21-11-17-12-23-19-4-2-1-3-18(17)19/h1-10,13,17H,11-12H2,(H,21,22). The van der Waals surface area contributed by atoms with Crippen molar-refractivity contribution in [1.82, 2.24) is 5.32 Å². The molecule has 0 bridgehead atoms. The molecule has 24 heavy (non-hydrogen) atoms. The first-order valence-corrected chi connectivity index (χ1v) is 8.88. The van der Waals surface area contributed by atoms with Crippen molar-refractivity contribution in [1.29, 1.82) is 0 Å². The van der Waals surface area contributed by atoms with Crippen LogP contribution in [0.5, 0.6) is 5.75 Å². The highest BCUT2D eigenvalue weighted by molar-refractivity contribution is 7.08. The van der Waals surface area contributed by atoms with E-state index in [1.807, 2.05) is 42.5 Å². The van der Waals surface area contributed by atoms with E-state index in [0.29, 0.717) is 18.7 Å². The Hall–Kier alpha value is -2.59. The van der Waals surface area contributed by atoms with Gasteiger partial charge in [0.05, 0.1) is 6.61 Å². The molecule has 3 aromatic rings. The molecular formula is C20H17NO2S. The topological polar surface area (TPSA) is 38.3 Å². The highest BCUT2D eigenvalue weighted by atomic mass is 32.1. The lowest BCUT2D eigenvalue weighted by Crippen LogP contribution is -2.28. The first-order valence-electron chi connectivity index (χ1n) is 7.94. The van der Waals surface area contributed by atoms with Crippen molar-refractivity contribution in [2.75, 3.05) is 13.2 Å². The summed E-state index contributed by atoms with van der Waals surface area (Å²) in [5.74, 6) is 1.10. The molecule has 0 fully saturated rings. The van der Waals surface area contributed by atoms with Crippen molar-refractivity contribution in [3.8, 4) is 16.9 Å². The van der Waals surface area contributed by atoms with Crippen LogP contribution in [0.25, 0.3) is 11.1 Å². The molecule has 0 saturated heterocycles. The Balaban J connectivity index is 1.40. The maximum absolute atomic E-state index is 12.4. The quantitative estimate of drug-likeness (QED) is 0.771. The monoisotopic (exact) mass is 335 g/mol. The zero-order chi connectivity index (χ0) is 16.4. The third-order valence-electron chi connectivity index (χ3n) is 4.31. The summed E-state index contributed by atoms with van der Waals surface area (Å²) >= 11 is 1.67. The van der Waals surface area contributed by atoms with Gasteiger partial charge in [0.2, 0.25) is 0 Å². The first-order chi connectivity index (χ1) is 11.8. The van der Waals surface area contributed by atoms with Crippen molar-refractivity contribution in [2.24, 2.45) is 0 Å². The van der Waals surface area contributed by atoms with Crippen LogP contribution >= 0.6 is 11.3 Å². The molecule has 0 aliphatic carbocycles. The van der Waals surface area contributed by atoms with Gasteiger partial charge < -0.3 is 10.1 Å². The number of nitrogens with one attached hydrogen (secondary N) is 1. The van der Waals surface area contributed by atoms with E-state index < -0.39 is 0 Å². The van der Waals surface area contributed by atoms with E-state index >= 15 is 0 Å². The fourth-order valence-corrected chi connectivity index (χ4v) is 3.62. The average molecular weight is 335 g/mol. The predicted molar refractivity (Wildman–Crippen MR) is 96.8 cm³/mol. The van der Waals surface area contributed by atoms with E-state index in [1.165, 1.54) is 11.1 Å². The molecule has 120 valence electrons. The molecule has 4 heteroatoms. The summed E-state index contributed by atoms with van der Waals surface area (Å²) in [4.78, 5) is 12.4. The lowest BCUT2D eigenvalue weighted by molar-refractivity contribution is 0.0950. The summed E-state index contributed by atoms with van der Waals surface area (Å²) in [6, 6.07) is 17.8. The number of carbonyl (C=O) groups is 1. The Kier molecular flexibility index (Phi) is 4.05. The third kappa shape index (κ3) is 2.93. The predicted octanol–water partition coefficient (Wildman–Crippen LogP) is 4.32. The number of carbonyl (C=O) groups excluding carboxylic acids is 1. The number of benzene rings is 2. The van der Waals surface area contributed by atoms with E-state index in [-0.39, 0.29) is 11.8 Å². The highest BCUT2D eigenvalue weighted by Gasteiger charge is 2.23. The van der Waals surface area contributed by atoms with E-state index in [0.717, 1.165) is 11.3 Å². The molecule has 0 spiro atoms. The second-order valence-corrected chi connectivity index (χ2v) is 6.63. The van der Waals surface area contributed by atoms with E-state index in [4.69, 9.17) is 4.74 Å². The van der Waals surface area contributed by atoms with Gasteiger partial charge in [-0.05, 0) is 46.2 Å². The summed E-state index contributed by atoms with van der Waals surface area (Å²) in [6.45, 7) is 1.21. The van der Waals surface area contributed by atoms with Crippen LogP contribution in [-0.2, 0) is 0 Å². The molecule has 1 aliphatic rings. The minimum Gasteiger partial charge on any atom is -0.493 e. The van der Waals surface area contributed by atoms with Gasteiger partial charge in [-0.1, -0.05) is 30.3 Å². The number of para-hydroxylation sites is 1. The Morgan fingerprint density at radius 1 is 1.08 bits per heavy atom. The zero-order valence-electron chi connectivity index (χ0n) is 13.1. The van der Waals surface area contributed by atoms with Gasteiger partial charge in [0.25, 0.3) is 5.91 Å². The molecule has 1 atom stereocenters. The van der Waals surface area contributed by atoms with Gasteiger partial charge in [-0.25, -0.2) is 0 Å². The fourth-order valence-electron chi connectivity index (χ4n) is 2.96. The summed E-state index contributed by atoms with van der Waals surface area (Å²) in [7, 11) is 0. The SMILES string of the molecule is O=C(NCC1COc2ccccc21)c1ccc(-c2ccsc2)cc1. The van der Waals surface area contributed by atoms with E-state index in [2.05, 4.69) is 28.2 Å². The molecule has 1 N–H and O–H groups in total. The van der Waals surface area contributed by atoms with Gasteiger partial charge in [0.15, 0.2) is 0 Å². The average Bonchev–Trinajstić information content (AvgIpc) is 3.30. The van der Waals surface area contributed by atoms with Crippen molar-refractivity contribution in [3.63, 3.8) is 0 Å². The molecular weight excluding hydrogens is 318 g/mol. The fraction of sp³-hybridized carbons (Fsp3) is 0.150. The number of amides is 1. The van der Waals surface area contributed by atoms with Crippen LogP contribution in [-0.4, -0.2) is 19.1 Å². The summed E-state index contributed by atoms with van der Waals surface area (Å²) < 4.78 is 5.66. The Morgan fingerprint density at radius 3 is 2.71 bits per heavy atom. The normalized spacial score (nSPS) is 15.6. The van der Waals surface area contributed by atoms with Crippen LogP contribution < -0.4 is 10.1 Å². The summed E-state index contributed by atoms with van der Waals surface area (Å²) in [5.41, 5.74) is 4.17. The first kappa shape index (κ1) is 15.0. The molecule has 0 saturated carbocycles. The molecule has 1 unspecified atom stereocenters. The van der Waals surface area contributed by atoms with Crippen LogP contribution in [0, 0.1) is 0 Å². The molecule has 1 aromatic heterocycles. The number of ether oxygens (including phenoxy) is 1. The molecule has 0 radical (unpaired) electrons. The smallest absolute Gasteiger partial charge is 0.251 e. The Morgan fingerprint density at radius 2 is 1.92 bits per heavy atom. The number of hydrogen-bond acceptors (Lipinski definition) is 3. The molecule has 1 aliphatic heterocycles. The molecule has 1 amide bonds. The highest BCUT2D eigenvalue weighted by Crippen LogP contribution is 2.32. The van der Waals surface area contributed by atoms with Crippen LogP contribution in [0.1, 0.15) is 21.8 Å². The van der Waals surface area contributed by atoms with Crippen LogP contribution in [0.2, 0.25) is 0 Å². The van der Waals surface area contributed by atoms with E-state index in [1.54, 1.807) is 11.3 Å². The van der Waals surface area contributed by atoms with Gasteiger partial charge in [-0.2, -0.15) is 11.3 Å². The van der Waals surface area contributed by atoms with Gasteiger partial charge in [0, 0.05) is 23.6 Å². The van der Waals surface area contributed by atoms with Gasteiger partial charge in [-0.3, -0.25) is 4.79 Å². The van der Waals surface area contributed by atoms with E-state index in [9.17, 15) is 4.79 Å². The second-order valence-electron chi connectivity index (χ2n) is 5.85. The molecule has 2 aromatic carbocycles. The Bertz CT molecular complexity index is 840.